The lowest BCUT2D eigenvalue weighted by Gasteiger charge is -2.23. The Kier molecular flexibility index (Phi) is 4.77. The highest BCUT2D eigenvalue weighted by atomic mass is 15.1. The quantitative estimate of drug-likeness (QED) is 0.793. The SMILES string of the molecule is CC(C)c1ccc(N(C)CC(N)CN)cc1. The van der Waals surface area contributed by atoms with Crippen LogP contribution in [-0.4, -0.2) is 26.2 Å². The van der Waals surface area contributed by atoms with E-state index in [2.05, 4.69) is 43.0 Å². The van der Waals surface area contributed by atoms with Gasteiger partial charge in [0.15, 0.2) is 0 Å². The van der Waals surface area contributed by atoms with Gasteiger partial charge in [-0.25, -0.2) is 0 Å². The fourth-order valence-electron chi connectivity index (χ4n) is 1.65. The Morgan fingerprint density at radius 3 is 2.19 bits per heavy atom. The first-order valence-electron chi connectivity index (χ1n) is 5.81. The van der Waals surface area contributed by atoms with Crippen LogP contribution in [0.1, 0.15) is 25.3 Å². The lowest BCUT2D eigenvalue weighted by Crippen LogP contribution is -2.40. The molecule has 0 aliphatic carbocycles. The summed E-state index contributed by atoms with van der Waals surface area (Å²) in [5.41, 5.74) is 13.9. The van der Waals surface area contributed by atoms with Crippen LogP contribution in [0.5, 0.6) is 0 Å². The molecule has 16 heavy (non-hydrogen) atoms. The maximum Gasteiger partial charge on any atom is 0.0364 e. The topological polar surface area (TPSA) is 55.3 Å². The third-order valence-electron chi connectivity index (χ3n) is 2.81. The van der Waals surface area contributed by atoms with E-state index in [0.717, 1.165) is 6.54 Å². The zero-order valence-electron chi connectivity index (χ0n) is 10.5. The van der Waals surface area contributed by atoms with Gasteiger partial charge < -0.3 is 16.4 Å². The number of nitrogens with two attached hydrogens (primary N) is 2. The highest BCUT2D eigenvalue weighted by molar-refractivity contribution is 5.47. The summed E-state index contributed by atoms with van der Waals surface area (Å²) >= 11 is 0. The van der Waals surface area contributed by atoms with E-state index in [9.17, 15) is 0 Å². The average molecular weight is 221 g/mol. The smallest absolute Gasteiger partial charge is 0.0364 e. The molecule has 1 rings (SSSR count). The van der Waals surface area contributed by atoms with E-state index in [-0.39, 0.29) is 6.04 Å². The van der Waals surface area contributed by atoms with Gasteiger partial charge in [0.05, 0.1) is 0 Å². The summed E-state index contributed by atoms with van der Waals surface area (Å²) in [6, 6.07) is 8.65. The summed E-state index contributed by atoms with van der Waals surface area (Å²) in [4.78, 5) is 2.14. The highest BCUT2D eigenvalue weighted by Crippen LogP contribution is 2.19. The molecule has 90 valence electrons. The third kappa shape index (κ3) is 3.51. The second-order valence-electron chi connectivity index (χ2n) is 4.62. The van der Waals surface area contributed by atoms with Crippen molar-refractivity contribution in [2.75, 3.05) is 25.0 Å². The fraction of sp³-hybridized carbons (Fsp3) is 0.538. The molecule has 0 saturated carbocycles. The van der Waals surface area contributed by atoms with Crippen molar-refractivity contribution in [3.05, 3.63) is 29.8 Å². The number of hydrogen-bond donors (Lipinski definition) is 2. The first kappa shape index (κ1) is 13.0. The molecule has 0 aliphatic heterocycles. The predicted octanol–water partition coefficient (Wildman–Crippen LogP) is 1.53. The van der Waals surface area contributed by atoms with Crippen molar-refractivity contribution in [3.8, 4) is 0 Å². The van der Waals surface area contributed by atoms with Crippen LogP contribution in [-0.2, 0) is 0 Å². The van der Waals surface area contributed by atoms with E-state index in [0.29, 0.717) is 12.5 Å². The molecule has 1 aromatic carbocycles. The monoisotopic (exact) mass is 221 g/mol. The van der Waals surface area contributed by atoms with Crippen molar-refractivity contribution < 1.29 is 0 Å². The lowest BCUT2D eigenvalue weighted by molar-refractivity contribution is 0.668. The molecule has 1 unspecified atom stereocenters. The van der Waals surface area contributed by atoms with Gasteiger partial charge in [0.2, 0.25) is 0 Å². The summed E-state index contributed by atoms with van der Waals surface area (Å²) in [6.07, 6.45) is 0. The van der Waals surface area contributed by atoms with Crippen molar-refractivity contribution in [2.45, 2.75) is 25.8 Å². The van der Waals surface area contributed by atoms with Crippen LogP contribution < -0.4 is 16.4 Å². The van der Waals surface area contributed by atoms with Gasteiger partial charge in [0, 0.05) is 31.9 Å². The van der Waals surface area contributed by atoms with Crippen LogP contribution >= 0.6 is 0 Å². The van der Waals surface area contributed by atoms with Gasteiger partial charge >= 0.3 is 0 Å². The van der Waals surface area contributed by atoms with Crippen molar-refractivity contribution >= 4 is 5.69 Å². The normalized spacial score (nSPS) is 12.9. The summed E-state index contributed by atoms with van der Waals surface area (Å²) < 4.78 is 0. The molecule has 0 radical (unpaired) electrons. The largest absolute Gasteiger partial charge is 0.373 e. The second-order valence-corrected chi connectivity index (χ2v) is 4.62. The maximum atomic E-state index is 5.82. The molecule has 4 N–H and O–H groups in total. The first-order chi connectivity index (χ1) is 7.54. The van der Waals surface area contributed by atoms with Crippen LogP contribution in [0.4, 0.5) is 5.69 Å². The number of rotatable bonds is 5. The summed E-state index contributed by atoms with van der Waals surface area (Å²) in [6.45, 7) is 5.71. The summed E-state index contributed by atoms with van der Waals surface area (Å²) in [5, 5.41) is 0. The standard InChI is InChI=1S/C13H23N3/c1-10(2)11-4-6-13(7-5-11)16(3)9-12(15)8-14/h4-7,10,12H,8-9,14-15H2,1-3H3. The van der Waals surface area contributed by atoms with Gasteiger partial charge in [-0.3, -0.25) is 0 Å². The molecule has 0 heterocycles. The molecule has 1 atom stereocenters. The molecule has 3 nitrogen and oxygen atoms in total. The highest BCUT2D eigenvalue weighted by Gasteiger charge is 2.06. The summed E-state index contributed by atoms with van der Waals surface area (Å²) in [7, 11) is 2.04. The minimum atomic E-state index is 0.0368. The van der Waals surface area contributed by atoms with Crippen molar-refractivity contribution in [2.24, 2.45) is 11.5 Å². The number of likely N-dealkylation sites (N-methyl/N-ethyl adjacent to an activating group) is 1. The van der Waals surface area contributed by atoms with E-state index in [4.69, 9.17) is 11.5 Å². The minimum absolute atomic E-state index is 0.0368. The third-order valence-corrected chi connectivity index (χ3v) is 2.81. The van der Waals surface area contributed by atoms with Gasteiger partial charge in [-0.15, -0.1) is 0 Å². The molecule has 0 amide bonds. The van der Waals surface area contributed by atoms with E-state index in [1.807, 2.05) is 7.05 Å². The predicted molar refractivity (Wildman–Crippen MR) is 70.8 cm³/mol. The van der Waals surface area contributed by atoms with E-state index >= 15 is 0 Å². The molecule has 0 saturated heterocycles. The zero-order chi connectivity index (χ0) is 12.1. The van der Waals surface area contributed by atoms with E-state index in [1.54, 1.807) is 0 Å². The first-order valence-corrected chi connectivity index (χ1v) is 5.81. The fourth-order valence-corrected chi connectivity index (χ4v) is 1.65. The zero-order valence-corrected chi connectivity index (χ0v) is 10.5. The Balaban J connectivity index is 2.66. The van der Waals surface area contributed by atoms with Gasteiger partial charge in [-0.2, -0.15) is 0 Å². The Hall–Kier alpha value is -1.06. The van der Waals surface area contributed by atoms with Crippen molar-refractivity contribution in [3.63, 3.8) is 0 Å². The summed E-state index contributed by atoms with van der Waals surface area (Å²) in [5.74, 6) is 0.575. The average Bonchev–Trinajstić information content (AvgIpc) is 2.28. The number of anilines is 1. The molecular weight excluding hydrogens is 198 g/mol. The van der Waals surface area contributed by atoms with Crippen LogP contribution in [0.2, 0.25) is 0 Å². The van der Waals surface area contributed by atoms with Crippen molar-refractivity contribution in [1.82, 2.24) is 0 Å². The van der Waals surface area contributed by atoms with Crippen LogP contribution in [0.3, 0.4) is 0 Å². The second kappa shape index (κ2) is 5.87. The van der Waals surface area contributed by atoms with Gasteiger partial charge in [-0.05, 0) is 23.6 Å². The van der Waals surface area contributed by atoms with E-state index < -0.39 is 0 Å². The number of hydrogen-bond acceptors (Lipinski definition) is 3. The molecule has 1 aromatic rings. The molecule has 3 heteroatoms. The van der Waals surface area contributed by atoms with Gasteiger partial charge in [0.25, 0.3) is 0 Å². The number of nitrogens with zero attached hydrogens (tertiary/aromatic N) is 1. The number of benzene rings is 1. The lowest BCUT2D eigenvalue weighted by atomic mass is 10.0. The van der Waals surface area contributed by atoms with Crippen LogP contribution in [0, 0.1) is 0 Å². The molecule has 0 spiro atoms. The van der Waals surface area contributed by atoms with Crippen molar-refractivity contribution in [1.29, 1.82) is 0 Å². The van der Waals surface area contributed by atoms with E-state index in [1.165, 1.54) is 11.3 Å². The Labute approximate surface area is 98.4 Å². The molecule has 0 aromatic heterocycles. The molecule has 0 bridgehead atoms. The Morgan fingerprint density at radius 1 is 1.19 bits per heavy atom. The van der Waals surface area contributed by atoms with Crippen LogP contribution in [0.25, 0.3) is 0 Å². The molecule has 0 fully saturated rings. The Morgan fingerprint density at radius 2 is 1.75 bits per heavy atom. The molecule has 0 aliphatic rings. The van der Waals surface area contributed by atoms with Gasteiger partial charge in [0.1, 0.15) is 0 Å². The minimum Gasteiger partial charge on any atom is -0.373 e. The van der Waals surface area contributed by atoms with Crippen LogP contribution in [0.15, 0.2) is 24.3 Å². The van der Waals surface area contributed by atoms with Gasteiger partial charge in [-0.1, -0.05) is 26.0 Å². The molecular formula is C13H23N3. The Bertz CT molecular complexity index is 305. The maximum absolute atomic E-state index is 5.82.